The van der Waals surface area contributed by atoms with Gasteiger partial charge in [-0.1, -0.05) is 11.3 Å². The van der Waals surface area contributed by atoms with E-state index in [9.17, 15) is 9.59 Å². The number of methoxy groups -OCH3 is 2. The highest BCUT2D eigenvalue weighted by molar-refractivity contribution is 5.91. The van der Waals surface area contributed by atoms with Gasteiger partial charge in [-0.2, -0.15) is 0 Å². The zero-order valence-corrected chi connectivity index (χ0v) is 19.3. The molecule has 9 heteroatoms. The molecule has 0 bridgehead atoms. The van der Waals surface area contributed by atoms with Crippen molar-refractivity contribution in [3.8, 4) is 11.5 Å². The predicted octanol–water partition coefficient (Wildman–Crippen LogP) is 2.62. The second-order valence-electron chi connectivity index (χ2n) is 8.00. The molecule has 1 aliphatic carbocycles. The molecule has 9 nitrogen and oxygen atoms in total. The average molecular weight is 444 g/mol. The van der Waals surface area contributed by atoms with Crippen LogP contribution >= 0.6 is 0 Å². The summed E-state index contributed by atoms with van der Waals surface area (Å²) in [6.07, 6.45) is 5.53. The Bertz CT molecular complexity index is 917. The van der Waals surface area contributed by atoms with Crippen molar-refractivity contribution in [2.75, 3.05) is 27.3 Å². The minimum absolute atomic E-state index is 0.00599. The molecule has 32 heavy (non-hydrogen) atoms. The first-order valence-corrected chi connectivity index (χ1v) is 11.2. The van der Waals surface area contributed by atoms with Crippen molar-refractivity contribution >= 4 is 11.8 Å². The van der Waals surface area contributed by atoms with E-state index in [1.807, 2.05) is 32.0 Å². The highest BCUT2D eigenvalue weighted by atomic mass is 16.5. The molecule has 2 amide bonds. The van der Waals surface area contributed by atoms with Crippen LogP contribution in [0, 0.1) is 0 Å². The van der Waals surface area contributed by atoms with E-state index in [0.717, 1.165) is 31.2 Å². The van der Waals surface area contributed by atoms with Gasteiger partial charge in [0, 0.05) is 19.1 Å². The van der Waals surface area contributed by atoms with Crippen LogP contribution in [0.3, 0.4) is 0 Å². The van der Waals surface area contributed by atoms with Crippen LogP contribution in [-0.2, 0) is 11.2 Å². The van der Waals surface area contributed by atoms with Gasteiger partial charge in [0.05, 0.1) is 32.9 Å². The van der Waals surface area contributed by atoms with Crippen LogP contribution in [0.4, 0.5) is 0 Å². The molecule has 174 valence electrons. The summed E-state index contributed by atoms with van der Waals surface area (Å²) in [7, 11) is 3.17. The largest absolute Gasteiger partial charge is 0.493 e. The first-order chi connectivity index (χ1) is 15.5. The van der Waals surface area contributed by atoms with E-state index in [-0.39, 0.29) is 23.9 Å². The Labute approximate surface area is 189 Å². The number of hydrogen-bond acceptors (Lipinski definition) is 6. The van der Waals surface area contributed by atoms with Crippen molar-refractivity contribution in [1.82, 2.24) is 25.2 Å². The molecule has 1 aromatic carbocycles. The highest BCUT2D eigenvalue weighted by Gasteiger charge is 2.26. The second kappa shape index (κ2) is 11.0. The van der Waals surface area contributed by atoms with E-state index in [0.29, 0.717) is 36.7 Å². The van der Waals surface area contributed by atoms with Crippen LogP contribution in [0.15, 0.2) is 24.4 Å². The molecule has 1 aromatic heterocycles. The lowest BCUT2D eigenvalue weighted by atomic mass is 9.91. The van der Waals surface area contributed by atoms with Gasteiger partial charge in [0.25, 0.3) is 5.91 Å². The number of amides is 2. The van der Waals surface area contributed by atoms with Gasteiger partial charge < -0.3 is 19.7 Å². The summed E-state index contributed by atoms with van der Waals surface area (Å²) in [5.41, 5.74) is 1.26. The van der Waals surface area contributed by atoms with Gasteiger partial charge in [0.15, 0.2) is 17.2 Å². The topological polar surface area (TPSA) is 98.6 Å². The maximum absolute atomic E-state index is 12.5. The molecule has 3 rings (SSSR count). The molecular weight excluding hydrogens is 410 g/mol. The van der Waals surface area contributed by atoms with E-state index in [1.54, 1.807) is 30.0 Å². The predicted molar refractivity (Wildman–Crippen MR) is 120 cm³/mol. The van der Waals surface area contributed by atoms with Crippen molar-refractivity contribution < 1.29 is 19.1 Å². The van der Waals surface area contributed by atoms with Gasteiger partial charge in [-0.25, -0.2) is 4.68 Å². The smallest absolute Gasteiger partial charge is 0.276 e. The lowest BCUT2D eigenvalue weighted by Crippen LogP contribution is -2.38. The summed E-state index contributed by atoms with van der Waals surface area (Å²) in [4.78, 5) is 26.7. The van der Waals surface area contributed by atoms with Gasteiger partial charge in [0.2, 0.25) is 5.91 Å². The maximum atomic E-state index is 12.5. The number of ether oxygens (including phenoxy) is 2. The van der Waals surface area contributed by atoms with Crippen molar-refractivity contribution in [1.29, 1.82) is 0 Å². The van der Waals surface area contributed by atoms with E-state index in [4.69, 9.17) is 9.47 Å². The Morgan fingerprint density at radius 1 is 1.09 bits per heavy atom. The van der Waals surface area contributed by atoms with E-state index in [1.165, 1.54) is 0 Å². The molecular formula is C23H33N5O4. The molecule has 1 aliphatic rings. The van der Waals surface area contributed by atoms with Crippen LogP contribution < -0.4 is 14.8 Å². The van der Waals surface area contributed by atoms with E-state index in [2.05, 4.69) is 15.6 Å². The molecule has 0 unspecified atom stereocenters. The van der Waals surface area contributed by atoms with Gasteiger partial charge >= 0.3 is 0 Å². The fourth-order valence-electron chi connectivity index (χ4n) is 4.17. The van der Waals surface area contributed by atoms with Gasteiger partial charge in [-0.15, -0.1) is 5.10 Å². The molecule has 1 heterocycles. The lowest BCUT2D eigenvalue weighted by Gasteiger charge is -2.29. The SMILES string of the molecule is CCN(CC)C(=O)c1cn(C2CCC(NC(=O)Cc3ccc(OC)c(OC)c3)CC2)nn1. The minimum Gasteiger partial charge on any atom is -0.493 e. The summed E-state index contributed by atoms with van der Waals surface area (Å²) < 4.78 is 12.4. The molecule has 0 radical (unpaired) electrons. The molecule has 1 fully saturated rings. The monoisotopic (exact) mass is 443 g/mol. The average Bonchev–Trinajstić information content (AvgIpc) is 3.30. The molecule has 0 atom stereocenters. The fourth-order valence-corrected chi connectivity index (χ4v) is 4.17. The van der Waals surface area contributed by atoms with Crippen molar-refractivity contribution in [3.63, 3.8) is 0 Å². The van der Waals surface area contributed by atoms with Crippen molar-refractivity contribution in [3.05, 3.63) is 35.7 Å². The zero-order valence-electron chi connectivity index (χ0n) is 19.3. The fraction of sp³-hybridized carbons (Fsp3) is 0.565. The first-order valence-electron chi connectivity index (χ1n) is 11.2. The van der Waals surface area contributed by atoms with Crippen molar-refractivity contribution in [2.45, 2.75) is 58.0 Å². The summed E-state index contributed by atoms with van der Waals surface area (Å²) in [5, 5.41) is 11.4. The normalized spacial score (nSPS) is 18.1. The highest BCUT2D eigenvalue weighted by Crippen LogP contribution is 2.29. The lowest BCUT2D eigenvalue weighted by molar-refractivity contribution is -0.121. The number of rotatable bonds is 9. The quantitative estimate of drug-likeness (QED) is 0.640. The van der Waals surface area contributed by atoms with Gasteiger partial charge in [0.1, 0.15) is 0 Å². The zero-order chi connectivity index (χ0) is 23.1. The third-order valence-corrected chi connectivity index (χ3v) is 6.03. The number of carbonyl (C=O) groups excluding carboxylic acids is 2. The maximum Gasteiger partial charge on any atom is 0.276 e. The van der Waals surface area contributed by atoms with Gasteiger partial charge in [-0.05, 0) is 57.2 Å². The third kappa shape index (κ3) is 5.57. The standard InChI is InChI=1S/C23H33N5O4/c1-5-27(6-2)23(30)19-15-28(26-25-19)18-10-8-17(9-11-18)24-22(29)14-16-7-12-20(31-3)21(13-16)32-4/h7,12-13,15,17-18H,5-6,8-11,14H2,1-4H3,(H,24,29). The third-order valence-electron chi connectivity index (χ3n) is 6.03. The summed E-state index contributed by atoms with van der Waals surface area (Å²) in [5.74, 6) is 1.17. The Kier molecular flexibility index (Phi) is 8.08. The molecule has 1 N–H and O–H groups in total. The molecule has 2 aromatic rings. The summed E-state index contributed by atoms with van der Waals surface area (Å²) in [6, 6.07) is 5.85. The summed E-state index contributed by atoms with van der Waals surface area (Å²) in [6.45, 7) is 5.20. The first kappa shape index (κ1) is 23.6. The molecule has 0 aliphatic heterocycles. The van der Waals surface area contributed by atoms with Crippen LogP contribution in [0.1, 0.15) is 61.6 Å². The number of nitrogens with one attached hydrogen (secondary N) is 1. The molecule has 0 saturated heterocycles. The Hall–Kier alpha value is -3.10. The van der Waals surface area contributed by atoms with Crippen LogP contribution in [0.2, 0.25) is 0 Å². The number of carbonyl (C=O) groups is 2. The minimum atomic E-state index is -0.0858. The van der Waals surface area contributed by atoms with E-state index >= 15 is 0 Å². The van der Waals surface area contributed by atoms with Crippen LogP contribution in [0.25, 0.3) is 0 Å². The van der Waals surface area contributed by atoms with Crippen LogP contribution in [0.5, 0.6) is 11.5 Å². The van der Waals surface area contributed by atoms with Gasteiger partial charge in [-0.3, -0.25) is 9.59 Å². The van der Waals surface area contributed by atoms with E-state index < -0.39 is 0 Å². The number of aromatic nitrogens is 3. The Balaban J connectivity index is 1.50. The summed E-state index contributed by atoms with van der Waals surface area (Å²) >= 11 is 0. The Morgan fingerprint density at radius 3 is 2.41 bits per heavy atom. The van der Waals surface area contributed by atoms with Crippen LogP contribution in [-0.4, -0.2) is 65.1 Å². The Morgan fingerprint density at radius 2 is 1.78 bits per heavy atom. The molecule has 1 saturated carbocycles. The number of nitrogens with zero attached hydrogens (tertiary/aromatic N) is 4. The number of benzene rings is 1. The van der Waals surface area contributed by atoms with Crippen molar-refractivity contribution in [2.24, 2.45) is 0 Å². The number of hydrogen-bond donors (Lipinski definition) is 1. The second-order valence-corrected chi connectivity index (χ2v) is 8.00. The molecule has 0 spiro atoms.